The van der Waals surface area contributed by atoms with E-state index in [1.807, 2.05) is 19.1 Å². The third kappa shape index (κ3) is 6.05. The van der Waals surface area contributed by atoms with E-state index in [1.54, 1.807) is 12.1 Å². The molecule has 2 aromatic carbocycles. The summed E-state index contributed by atoms with van der Waals surface area (Å²) in [7, 11) is -3.55. The van der Waals surface area contributed by atoms with Crippen LogP contribution in [0.1, 0.15) is 37.8 Å². The minimum Gasteiger partial charge on any atom is -0.350 e. The Kier molecular flexibility index (Phi) is 6.59. The van der Waals surface area contributed by atoms with Crippen molar-refractivity contribution in [1.29, 1.82) is 0 Å². The molecule has 29 heavy (non-hydrogen) atoms. The van der Waals surface area contributed by atoms with E-state index in [2.05, 4.69) is 10.6 Å². The molecule has 2 aromatic rings. The maximum atomic E-state index is 12.3. The number of carbonyl (C=O) groups is 2. The molecule has 2 N–H and O–H groups in total. The third-order valence-corrected chi connectivity index (χ3v) is 6.76. The second-order valence-corrected chi connectivity index (χ2v) is 9.74. The Bertz CT molecular complexity index is 984. The van der Waals surface area contributed by atoms with Crippen molar-refractivity contribution in [2.75, 3.05) is 11.1 Å². The quantitative estimate of drug-likeness (QED) is 0.662. The Hall–Kier alpha value is -2.38. The largest absolute Gasteiger partial charge is 0.350 e. The highest BCUT2D eigenvalue weighted by Crippen LogP contribution is 2.30. The van der Waals surface area contributed by atoms with Gasteiger partial charge in [-0.3, -0.25) is 9.59 Å². The zero-order valence-electron chi connectivity index (χ0n) is 16.0. The minimum absolute atomic E-state index is 0.0426. The molecule has 0 spiro atoms. The van der Waals surface area contributed by atoms with Crippen LogP contribution in [0.5, 0.6) is 0 Å². The predicted molar refractivity (Wildman–Crippen MR) is 112 cm³/mol. The summed E-state index contributed by atoms with van der Waals surface area (Å²) in [4.78, 5) is 24.1. The summed E-state index contributed by atoms with van der Waals surface area (Å²) in [5, 5.41) is 6.12. The molecular weight excluding hydrogens is 412 g/mol. The van der Waals surface area contributed by atoms with Crippen LogP contribution in [0.4, 0.5) is 5.69 Å². The number of nitrogens with one attached hydrogen (secondary N) is 2. The van der Waals surface area contributed by atoms with Crippen molar-refractivity contribution >= 4 is 38.9 Å². The average molecular weight is 435 g/mol. The minimum atomic E-state index is -3.55. The highest BCUT2D eigenvalue weighted by molar-refractivity contribution is 7.91. The first kappa shape index (κ1) is 21.3. The first-order valence-corrected chi connectivity index (χ1v) is 11.5. The maximum Gasteiger partial charge on any atom is 0.227 e. The highest BCUT2D eigenvalue weighted by Gasteiger charge is 2.29. The fourth-order valence-electron chi connectivity index (χ4n) is 2.83. The van der Waals surface area contributed by atoms with Gasteiger partial charge in [0.05, 0.1) is 16.7 Å². The Morgan fingerprint density at radius 1 is 1.07 bits per heavy atom. The van der Waals surface area contributed by atoms with E-state index >= 15 is 0 Å². The molecule has 1 aliphatic rings. The van der Waals surface area contributed by atoms with Crippen molar-refractivity contribution in [2.45, 2.75) is 37.1 Å². The summed E-state index contributed by atoms with van der Waals surface area (Å²) in [6, 6.07) is 12.8. The molecule has 3 rings (SSSR count). The number of carbonyl (C=O) groups excluding carboxylic acids is 2. The van der Waals surface area contributed by atoms with Crippen LogP contribution < -0.4 is 10.6 Å². The van der Waals surface area contributed by atoms with Crippen molar-refractivity contribution < 1.29 is 18.0 Å². The molecular formula is C21H23ClN2O4S. The predicted octanol–water partition coefficient (Wildman–Crippen LogP) is 3.73. The first-order chi connectivity index (χ1) is 13.7. The van der Waals surface area contributed by atoms with Gasteiger partial charge in [-0.2, -0.15) is 0 Å². The van der Waals surface area contributed by atoms with Crippen molar-refractivity contribution in [3.63, 3.8) is 0 Å². The molecule has 154 valence electrons. The van der Waals surface area contributed by atoms with Gasteiger partial charge >= 0.3 is 0 Å². The molecule has 0 radical (unpaired) electrons. The molecule has 0 bridgehead atoms. The summed E-state index contributed by atoms with van der Waals surface area (Å²) < 4.78 is 24.6. The van der Waals surface area contributed by atoms with Gasteiger partial charge in [0.25, 0.3) is 0 Å². The van der Waals surface area contributed by atoms with Gasteiger partial charge < -0.3 is 10.6 Å². The van der Waals surface area contributed by atoms with Crippen LogP contribution in [-0.2, 0) is 19.4 Å². The lowest BCUT2D eigenvalue weighted by Gasteiger charge is -2.15. The fourth-order valence-corrected chi connectivity index (χ4v) is 4.20. The summed E-state index contributed by atoms with van der Waals surface area (Å²) in [5.41, 5.74) is 1.58. The second-order valence-electron chi connectivity index (χ2n) is 7.20. The van der Waals surface area contributed by atoms with Crippen LogP contribution in [-0.4, -0.2) is 26.0 Å². The Morgan fingerprint density at radius 3 is 2.28 bits per heavy atom. The first-order valence-electron chi connectivity index (χ1n) is 9.43. The topological polar surface area (TPSA) is 92.3 Å². The van der Waals surface area contributed by atoms with Crippen LogP contribution in [0.3, 0.4) is 0 Å². The second kappa shape index (κ2) is 8.97. The summed E-state index contributed by atoms with van der Waals surface area (Å²) in [6.45, 7) is 1.82. The Balaban J connectivity index is 1.50. The molecule has 0 heterocycles. The Labute approximate surface area is 175 Å². The number of anilines is 1. The van der Waals surface area contributed by atoms with E-state index in [4.69, 9.17) is 11.6 Å². The molecule has 2 amide bonds. The van der Waals surface area contributed by atoms with Gasteiger partial charge in [-0.15, -0.1) is 0 Å². The van der Waals surface area contributed by atoms with Crippen molar-refractivity contribution in [3.05, 3.63) is 59.1 Å². The number of halogens is 1. The van der Waals surface area contributed by atoms with E-state index in [0.29, 0.717) is 5.02 Å². The number of hydrogen-bond acceptors (Lipinski definition) is 4. The van der Waals surface area contributed by atoms with E-state index in [1.165, 1.54) is 24.3 Å². The van der Waals surface area contributed by atoms with E-state index in [0.717, 1.165) is 24.1 Å². The van der Waals surface area contributed by atoms with Gasteiger partial charge in [0.15, 0.2) is 9.84 Å². The van der Waals surface area contributed by atoms with E-state index in [9.17, 15) is 18.0 Å². The van der Waals surface area contributed by atoms with E-state index in [-0.39, 0.29) is 40.8 Å². The van der Waals surface area contributed by atoms with Crippen molar-refractivity contribution in [1.82, 2.24) is 5.32 Å². The van der Waals surface area contributed by atoms with Crippen molar-refractivity contribution in [2.24, 2.45) is 5.92 Å². The lowest BCUT2D eigenvalue weighted by molar-refractivity contribution is -0.121. The standard InChI is InChI=1S/C21H23ClN2O4S/c1-14(15-4-8-18(9-5-15)24-21(26)16-2-3-16)23-20(25)12-13-29(27,28)19-10-6-17(22)7-11-19/h4-11,14,16H,2-3,12-13H2,1H3,(H,23,25)(H,24,26). The monoisotopic (exact) mass is 434 g/mol. The molecule has 0 aliphatic heterocycles. The number of amides is 2. The zero-order chi connectivity index (χ0) is 21.0. The van der Waals surface area contributed by atoms with Gasteiger partial charge in [-0.25, -0.2) is 8.42 Å². The van der Waals surface area contributed by atoms with Crippen LogP contribution in [0.2, 0.25) is 5.02 Å². The number of hydrogen-bond donors (Lipinski definition) is 2. The van der Waals surface area contributed by atoms with Crippen molar-refractivity contribution in [3.8, 4) is 0 Å². The maximum absolute atomic E-state index is 12.3. The number of benzene rings is 2. The average Bonchev–Trinajstić information content (AvgIpc) is 3.53. The SMILES string of the molecule is CC(NC(=O)CCS(=O)(=O)c1ccc(Cl)cc1)c1ccc(NC(=O)C2CC2)cc1. The number of rotatable bonds is 8. The lowest BCUT2D eigenvalue weighted by atomic mass is 10.1. The smallest absolute Gasteiger partial charge is 0.227 e. The zero-order valence-corrected chi connectivity index (χ0v) is 17.6. The summed E-state index contributed by atoms with van der Waals surface area (Å²) in [6.07, 6.45) is 1.76. The molecule has 8 heteroatoms. The number of sulfone groups is 1. The van der Waals surface area contributed by atoms with E-state index < -0.39 is 9.84 Å². The third-order valence-electron chi connectivity index (χ3n) is 4.77. The molecule has 6 nitrogen and oxygen atoms in total. The van der Waals surface area contributed by atoms with Crippen LogP contribution in [0, 0.1) is 5.92 Å². The Morgan fingerprint density at radius 2 is 1.69 bits per heavy atom. The highest BCUT2D eigenvalue weighted by atomic mass is 35.5. The molecule has 1 atom stereocenters. The normalized spacial score (nSPS) is 14.8. The molecule has 0 aromatic heterocycles. The summed E-state index contributed by atoms with van der Waals surface area (Å²) in [5.74, 6) is -0.446. The van der Waals surface area contributed by atoms with Gasteiger partial charge in [0.1, 0.15) is 0 Å². The molecule has 0 saturated heterocycles. The summed E-state index contributed by atoms with van der Waals surface area (Å²) >= 11 is 5.78. The fraction of sp³-hybridized carbons (Fsp3) is 0.333. The molecule has 1 fully saturated rings. The van der Waals surface area contributed by atoms with Crippen LogP contribution in [0.15, 0.2) is 53.4 Å². The van der Waals surface area contributed by atoms with Crippen LogP contribution in [0.25, 0.3) is 0 Å². The lowest BCUT2D eigenvalue weighted by Crippen LogP contribution is -2.28. The van der Waals surface area contributed by atoms with Gasteiger partial charge in [-0.1, -0.05) is 23.7 Å². The van der Waals surface area contributed by atoms with Crippen LogP contribution >= 0.6 is 11.6 Å². The van der Waals surface area contributed by atoms with Gasteiger partial charge in [-0.05, 0) is 61.7 Å². The molecule has 1 saturated carbocycles. The van der Waals surface area contributed by atoms with Gasteiger partial charge in [0.2, 0.25) is 11.8 Å². The molecule has 1 aliphatic carbocycles. The van der Waals surface area contributed by atoms with Gasteiger partial charge in [0, 0.05) is 23.0 Å². The molecule has 1 unspecified atom stereocenters.